The molecule has 0 atom stereocenters. The van der Waals surface area contributed by atoms with E-state index < -0.39 is 0 Å². The highest BCUT2D eigenvalue weighted by Crippen LogP contribution is 2.35. The Morgan fingerprint density at radius 3 is 2.71 bits per heavy atom. The highest BCUT2D eigenvalue weighted by Gasteiger charge is 2.13. The van der Waals surface area contributed by atoms with Gasteiger partial charge in [0.2, 0.25) is 5.88 Å². The van der Waals surface area contributed by atoms with E-state index in [9.17, 15) is 0 Å². The first-order chi connectivity index (χ1) is 13.7. The predicted octanol–water partition coefficient (Wildman–Crippen LogP) is 3.56. The molecule has 0 unspecified atom stereocenters. The summed E-state index contributed by atoms with van der Waals surface area (Å²) < 4.78 is 11.3. The molecular weight excluding hydrogens is 358 g/mol. The zero-order valence-electron chi connectivity index (χ0n) is 15.7. The Morgan fingerprint density at radius 2 is 1.96 bits per heavy atom. The van der Waals surface area contributed by atoms with E-state index in [1.54, 1.807) is 13.2 Å². The van der Waals surface area contributed by atoms with Crippen molar-refractivity contribution < 1.29 is 9.47 Å². The van der Waals surface area contributed by atoms with Crippen molar-refractivity contribution in [2.75, 3.05) is 12.4 Å². The summed E-state index contributed by atoms with van der Waals surface area (Å²) in [7, 11) is 1.59. The summed E-state index contributed by atoms with van der Waals surface area (Å²) in [6, 6.07) is 9.11. The molecule has 0 fully saturated rings. The Bertz CT molecular complexity index is 1110. The van der Waals surface area contributed by atoms with E-state index in [1.807, 2.05) is 38.1 Å². The van der Waals surface area contributed by atoms with Crippen LogP contribution in [0.15, 0.2) is 36.7 Å². The molecule has 0 saturated heterocycles. The van der Waals surface area contributed by atoms with Crippen molar-refractivity contribution in [3.8, 4) is 17.4 Å². The molecule has 4 rings (SSSR count). The van der Waals surface area contributed by atoms with Crippen LogP contribution in [0.5, 0.6) is 17.4 Å². The molecule has 28 heavy (non-hydrogen) atoms. The highest BCUT2D eigenvalue weighted by molar-refractivity contribution is 5.90. The van der Waals surface area contributed by atoms with E-state index in [-0.39, 0.29) is 0 Å². The van der Waals surface area contributed by atoms with Crippen LogP contribution in [-0.2, 0) is 6.42 Å². The van der Waals surface area contributed by atoms with Gasteiger partial charge in [-0.05, 0) is 31.5 Å². The molecule has 142 valence electrons. The smallest absolute Gasteiger partial charge is 0.239 e. The molecule has 0 radical (unpaired) electrons. The fourth-order valence-electron chi connectivity index (χ4n) is 2.79. The van der Waals surface area contributed by atoms with Gasteiger partial charge in [0, 0.05) is 23.5 Å². The molecule has 9 nitrogen and oxygen atoms in total. The minimum Gasteiger partial charge on any atom is -0.493 e. The Kier molecular flexibility index (Phi) is 4.71. The maximum atomic E-state index is 5.86. The number of nitrogens with zero attached hydrogens (tertiary/aromatic N) is 5. The second kappa shape index (κ2) is 7.47. The van der Waals surface area contributed by atoms with Crippen molar-refractivity contribution in [1.29, 1.82) is 0 Å². The molecule has 0 spiro atoms. The Balaban J connectivity index is 1.67. The second-order valence-electron chi connectivity index (χ2n) is 6.08. The number of ether oxygens (including phenoxy) is 2. The summed E-state index contributed by atoms with van der Waals surface area (Å²) in [5, 5.41) is 19.5. The molecule has 0 saturated carbocycles. The van der Waals surface area contributed by atoms with Gasteiger partial charge in [0.05, 0.1) is 18.2 Å². The number of aromatic amines is 1. The standard InChI is InChI=1S/C19H19N7O2/c1-4-13-17-18(20-10-21-19(17)26-24-13)22-12-6-7-14(27-3)15(9-12)28-16-8-5-11(2)23-25-16/h5-10H,4H2,1-3H3,(H2,20,21,22,24,26). The van der Waals surface area contributed by atoms with Crippen molar-refractivity contribution in [2.24, 2.45) is 0 Å². The molecule has 0 bridgehead atoms. The Morgan fingerprint density at radius 1 is 1.07 bits per heavy atom. The normalized spacial score (nSPS) is 10.8. The molecule has 9 heteroatoms. The monoisotopic (exact) mass is 377 g/mol. The number of anilines is 2. The highest BCUT2D eigenvalue weighted by atomic mass is 16.5. The van der Waals surface area contributed by atoms with Crippen LogP contribution in [0.3, 0.4) is 0 Å². The number of fused-ring (bicyclic) bond motifs is 1. The number of nitrogens with one attached hydrogen (secondary N) is 2. The van der Waals surface area contributed by atoms with Gasteiger partial charge in [0.25, 0.3) is 0 Å². The van der Waals surface area contributed by atoms with Crippen LogP contribution in [0.2, 0.25) is 0 Å². The van der Waals surface area contributed by atoms with E-state index in [0.29, 0.717) is 28.8 Å². The fraction of sp³-hybridized carbons (Fsp3) is 0.211. The van der Waals surface area contributed by atoms with Gasteiger partial charge in [0.15, 0.2) is 17.1 Å². The Hall–Kier alpha value is -3.75. The molecule has 3 aromatic heterocycles. The molecular formula is C19H19N7O2. The second-order valence-corrected chi connectivity index (χ2v) is 6.08. The zero-order valence-corrected chi connectivity index (χ0v) is 15.7. The molecule has 1 aromatic carbocycles. The van der Waals surface area contributed by atoms with Crippen molar-refractivity contribution in [1.82, 2.24) is 30.4 Å². The SMILES string of the molecule is CCc1[nH]nc2ncnc(Nc3ccc(OC)c(Oc4ccc(C)nn4)c3)c12. The average Bonchev–Trinajstić information content (AvgIpc) is 3.14. The molecule has 0 aliphatic rings. The number of benzene rings is 1. The first-order valence-corrected chi connectivity index (χ1v) is 8.79. The lowest BCUT2D eigenvalue weighted by Gasteiger charge is -2.12. The zero-order chi connectivity index (χ0) is 19.5. The summed E-state index contributed by atoms with van der Waals surface area (Å²) in [5.41, 5.74) is 3.18. The van der Waals surface area contributed by atoms with Crippen LogP contribution in [0.1, 0.15) is 18.3 Å². The maximum absolute atomic E-state index is 5.86. The lowest BCUT2D eigenvalue weighted by atomic mass is 10.2. The predicted molar refractivity (Wildman–Crippen MR) is 104 cm³/mol. The van der Waals surface area contributed by atoms with Crippen molar-refractivity contribution >= 4 is 22.5 Å². The summed E-state index contributed by atoms with van der Waals surface area (Å²) in [6.45, 7) is 3.91. The summed E-state index contributed by atoms with van der Waals surface area (Å²) in [5.74, 6) is 2.15. The van der Waals surface area contributed by atoms with Crippen molar-refractivity contribution in [3.05, 3.63) is 48.0 Å². The van der Waals surface area contributed by atoms with Crippen LogP contribution in [-0.4, -0.2) is 37.5 Å². The van der Waals surface area contributed by atoms with E-state index >= 15 is 0 Å². The van der Waals surface area contributed by atoms with E-state index in [4.69, 9.17) is 9.47 Å². The lowest BCUT2D eigenvalue weighted by molar-refractivity contribution is 0.372. The van der Waals surface area contributed by atoms with Crippen LogP contribution >= 0.6 is 0 Å². The van der Waals surface area contributed by atoms with Gasteiger partial charge in [-0.2, -0.15) is 10.2 Å². The number of H-pyrrole nitrogens is 1. The number of hydrogen-bond acceptors (Lipinski definition) is 8. The van der Waals surface area contributed by atoms with Crippen molar-refractivity contribution in [3.63, 3.8) is 0 Å². The van der Waals surface area contributed by atoms with Crippen LogP contribution in [0, 0.1) is 6.92 Å². The van der Waals surface area contributed by atoms with Gasteiger partial charge in [-0.15, -0.1) is 5.10 Å². The number of hydrogen-bond donors (Lipinski definition) is 2. The Labute approximate surface area is 161 Å². The summed E-state index contributed by atoms with van der Waals surface area (Å²) in [6.07, 6.45) is 2.27. The quantitative estimate of drug-likeness (QED) is 0.525. The van der Waals surface area contributed by atoms with E-state index in [2.05, 4.69) is 35.7 Å². The molecule has 0 aliphatic heterocycles. The number of rotatable bonds is 6. The minimum atomic E-state index is 0.383. The number of methoxy groups -OCH3 is 1. The van der Waals surface area contributed by atoms with Crippen molar-refractivity contribution in [2.45, 2.75) is 20.3 Å². The fourth-order valence-corrected chi connectivity index (χ4v) is 2.79. The first kappa shape index (κ1) is 17.7. The van der Waals surface area contributed by atoms with Crippen LogP contribution in [0.4, 0.5) is 11.5 Å². The molecule has 2 N–H and O–H groups in total. The van der Waals surface area contributed by atoms with Gasteiger partial charge < -0.3 is 14.8 Å². The summed E-state index contributed by atoms with van der Waals surface area (Å²) >= 11 is 0. The third-order valence-electron chi connectivity index (χ3n) is 4.19. The molecule has 0 aliphatic carbocycles. The largest absolute Gasteiger partial charge is 0.493 e. The van der Waals surface area contributed by atoms with Gasteiger partial charge in [-0.3, -0.25) is 5.10 Å². The average molecular weight is 377 g/mol. The molecule has 0 amide bonds. The molecule has 4 aromatic rings. The van der Waals surface area contributed by atoms with Gasteiger partial charge >= 0.3 is 0 Å². The van der Waals surface area contributed by atoms with Crippen LogP contribution in [0.25, 0.3) is 11.0 Å². The minimum absolute atomic E-state index is 0.383. The number of aromatic nitrogens is 6. The topological polar surface area (TPSA) is 111 Å². The number of aryl methyl sites for hydroxylation is 2. The van der Waals surface area contributed by atoms with Gasteiger partial charge in [-0.1, -0.05) is 6.92 Å². The summed E-state index contributed by atoms with van der Waals surface area (Å²) in [4.78, 5) is 8.58. The lowest BCUT2D eigenvalue weighted by Crippen LogP contribution is -1.99. The van der Waals surface area contributed by atoms with Gasteiger partial charge in [0.1, 0.15) is 12.1 Å². The van der Waals surface area contributed by atoms with E-state index in [0.717, 1.165) is 28.9 Å². The van der Waals surface area contributed by atoms with E-state index in [1.165, 1.54) is 6.33 Å². The molecule has 3 heterocycles. The maximum Gasteiger partial charge on any atom is 0.239 e. The van der Waals surface area contributed by atoms with Gasteiger partial charge in [-0.25, -0.2) is 9.97 Å². The third-order valence-corrected chi connectivity index (χ3v) is 4.19. The third kappa shape index (κ3) is 3.41. The van der Waals surface area contributed by atoms with Crippen LogP contribution < -0.4 is 14.8 Å². The first-order valence-electron chi connectivity index (χ1n) is 8.79.